The first-order valence-electron chi connectivity index (χ1n) is 4.40. The van der Waals surface area contributed by atoms with Gasteiger partial charge in [-0.25, -0.2) is 0 Å². The quantitative estimate of drug-likeness (QED) is 0.562. The van der Waals surface area contributed by atoms with E-state index in [0.717, 1.165) is 6.54 Å². The zero-order valence-electron chi connectivity index (χ0n) is 7.96. The molecule has 1 atom stereocenters. The van der Waals surface area contributed by atoms with Gasteiger partial charge in [0.2, 0.25) is 0 Å². The Labute approximate surface area is 69.3 Å². The van der Waals surface area contributed by atoms with E-state index in [9.17, 15) is 0 Å². The van der Waals surface area contributed by atoms with Crippen LogP contribution in [0.1, 0.15) is 27.2 Å². The Bertz CT molecular complexity index is 161. The van der Waals surface area contributed by atoms with Crippen molar-refractivity contribution in [1.82, 2.24) is 4.90 Å². The molecule has 1 aliphatic heterocycles. The van der Waals surface area contributed by atoms with Crippen molar-refractivity contribution in [3.8, 4) is 0 Å². The van der Waals surface area contributed by atoms with Gasteiger partial charge < -0.3 is 4.90 Å². The Morgan fingerprint density at radius 2 is 2.18 bits per heavy atom. The Hall–Kier alpha value is -0.530. The Kier molecular flexibility index (Phi) is 2.53. The molecule has 2 nitrogen and oxygen atoms in total. The van der Waals surface area contributed by atoms with Gasteiger partial charge in [0, 0.05) is 25.6 Å². The Morgan fingerprint density at radius 1 is 1.55 bits per heavy atom. The fourth-order valence-corrected chi connectivity index (χ4v) is 1.49. The summed E-state index contributed by atoms with van der Waals surface area (Å²) in [6.07, 6.45) is 1.20. The largest absolute Gasteiger partial charge is 0.360 e. The van der Waals surface area contributed by atoms with E-state index in [0.29, 0.717) is 12.0 Å². The molecule has 0 aromatic heterocycles. The molecule has 64 valence electrons. The third-order valence-corrected chi connectivity index (χ3v) is 2.36. The van der Waals surface area contributed by atoms with Gasteiger partial charge in [-0.15, -0.1) is 0 Å². The first kappa shape index (κ1) is 8.57. The van der Waals surface area contributed by atoms with E-state index in [-0.39, 0.29) is 0 Å². The minimum absolute atomic E-state index is 0.572. The third kappa shape index (κ3) is 1.73. The topological polar surface area (TPSA) is 15.6 Å². The van der Waals surface area contributed by atoms with Crippen LogP contribution in [0, 0.1) is 5.92 Å². The zero-order valence-corrected chi connectivity index (χ0v) is 7.96. The van der Waals surface area contributed by atoms with E-state index in [1.54, 1.807) is 0 Å². The van der Waals surface area contributed by atoms with Crippen molar-refractivity contribution in [2.24, 2.45) is 10.9 Å². The van der Waals surface area contributed by atoms with Gasteiger partial charge >= 0.3 is 0 Å². The van der Waals surface area contributed by atoms with E-state index in [2.05, 4.69) is 37.7 Å². The molecule has 1 aliphatic rings. The normalized spacial score (nSPS) is 25.7. The van der Waals surface area contributed by atoms with Gasteiger partial charge in [-0.1, -0.05) is 13.8 Å². The monoisotopic (exact) mass is 154 g/mol. The second-order valence-electron chi connectivity index (χ2n) is 3.64. The number of hydrogen-bond acceptors (Lipinski definition) is 2. The van der Waals surface area contributed by atoms with Crippen LogP contribution in [0.25, 0.3) is 0 Å². The molecule has 0 unspecified atom stereocenters. The molecule has 11 heavy (non-hydrogen) atoms. The highest BCUT2D eigenvalue weighted by atomic mass is 15.2. The summed E-state index contributed by atoms with van der Waals surface area (Å²) in [6.45, 7) is 7.68. The zero-order chi connectivity index (χ0) is 8.43. The number of amidine groups is 1. The molecular formula is C9H18N2. The molecule has 0 radical (unpaired) electrons. The molecule has 0 bridgehead atoms. The molecule has 0 fully saturated rings. The van der Waals surface area contributed by atoms with Gasteiger partial charge in [0.05, 0.1) is 0 Å². The van der Waals surface area contributed by atoms with Gasteiger partial charge in [-0.05, 0) is 13.3 Å². The molecule has 1 heterocycles. The predicted octanol–water partition coefficient (Wildman–Crippen LogP) is 1.76. The van der Waals surface area contributed by atoms with Gasteiger partial charge in [0.25, 0.3) is 0 Å². The Morgan fingerprint density at radius 3 is 2.64 bits per heavy atom. The fourth-order valence-electron chi connectivity index (χ4n) is 1.49. The number of aliphatic imine (C=N–C) groups is 1. The van der Waals surface area contributed by atoms with Crippen molar-refractivity contribution in [1.29, 1.82) is 0 Å². The SMILES string of the molecule is CC(C)C1=NCC[C@@H](C)N1C. The summed E-state index contributed by atoms with van der Waals surface area (Å²) in [5.41, 5.74) is 0. The molecule has 0 saturated carbocycles. The lowest BCUT2D eigenvalue weighted by molar-refractivity contribution is 0.338. The summed E-state index contributed by atoms with van der Waals surface area (Å²) < 4.78 is 0. The maximum atomic E-state index is 4.50. The van der Waals surface area contributed by atoms with Crippen LogP contribution in [0.2, 0.25) is 0 Å². The lowest BCUT2D eigenvalue weighted by Gasteiger charge is -2.33. The second-order valence-corrected chi connectivity index (χ2v) is 3.64. The lowest BCUT2D eigenvalue weighted by atomic mass is 10.1. The summed E-state index contributed by atoms with van der Waals surface area (Å²) in [5, 5.41) is 0. The number of hydrogen-bond donors (Lipinski definition) is 0. The second kappa shape index (κ2) is 3.24. The van der Waals surface area contributed by atoms with Crippen LogP contribution in [-0.2, 0) is 0 Å². The summed E-state index contributed by atoms with van der Waals surface area (Å²) in [4.78, 5) is 6.80. The Balaban J connectivity index is 2.70. The maximum Gasteiger partial charge on any atom is 0.101 e. The third-order valence-electron chi connectivity index (χ3n) is 2.36. The van der Waals surface area contributed by atoms with Crippen molar-refractivity contribution in [3.05, 3.63) is 0 Å². The van der Waals surface area contributed by atoms with Crippen LogP contribution in [0.15, 0.2) is 4.99 Å². The van der Waals surface area contributed by atoms with Crippen LogP contribution in [0.4, 0.5) is 0 Å². The first-order chi connectivity index (χ1) is 5.13. The van der Waals surface area contributed by atoms with Crippen LogP contribution < -0.4 is 0 Å². The highest BCUT2D eigenvalue weighted by molar-refractivity contribution is 5.84. The smallest absolute Gasteiger partial charge is 0.101 e. The highest BCUT2D eigenvalue weighted by Gasteiger charge is 2.19. The van der Waals surface area contributed by atoms with Crippen molar-refractivity contribution in [3.63, 3.8) is 0 Å². The number of nitrogens with zero attached hydrogens (tertiary/aromatic N) is 2. The van der Waals surface area contributed by atoms with Crippen molar-refractivity contribution in [2.75, 3.05) is 13.6 Å². The van der Waals surface area contributed by atoms with Crippen molar-refractivity contribution < 1.29 is 0 Å². The lowest BCUT2D eigenvalue weighted by Crippen LogP contribution is -2.41. The molecule has 1 rings (SSSR count). The van der Waals surface area contributed by atoms with Gasteiger partial charge in [0.15, 0.2) is 0 Å². The van der Waals surface area contributed by atoms with Crippen LogP contribution in [0.3, 0.4) is 0 Å². The summed E-state index contributed by atoms with van der Waals surface area (Å²) >= 11 is 0. The summed E-state index contributed by atoms with van der Waals surface area (Å²) in [5.74, 6) is 1.84. The van der Waals surface area contributed by atoms with Crippen molar-refractivity contribution >= 4 is 5.84 Å². The minimum Gasteiger partial charge on any atom is -0.360 e. The van der Waals surface area contributed by atoms with Gasteiger partial charge in [0.1, 0.15) is 5.84 Å². The van der Waals surface area contributed by atoms with Gasteiger partial charge in [-0.2, -0.15) is 0 Å². The van der Waals surface area contributed by atoms with E-state index in [1.807, 2.05) is 0 Å². The highest BCUT2D eigenvalue weighted by Crippen LogP contribution is 2.13. The molecule has 0 amide bonds. The molecule has 0 aromatic carbocycles. The number of rotatable bonds is 1. The van der Waals surface area contributed by atoms with Crippen LogP contribution in [-0.4, -0.2) is 30.4 Å². The van der Waals surface area contributed by atoms with Crippen molar-refractivity contribution in [2.45, 2.75) is 33.2 Å². The minimum atomic E-state index is 0.572. The van der Waals surface area contributed by atoms with E-state index in [1.165, 1.54) is 12.3 Å². The predicted molar refractivity (Wildman–Crippen MR) is 49.0 cm³/mol. The summed E-state index contributed by atoms with van der Waals surface area (Å²) in [7, 11) is 2.14. The molecular weight excluding hydrogens is 136 g/mol. The molecule has 0 spiro atoms. The summed E-state index contributed by atoms with van der Waals surface area (Å²) in [6, 6.07) is 0.671. The van der Waals surface area contributed by atoms with E-state index < -0.39 is 0 Å². The average molecular weight is 154 g/mol. The standard InChI is InChI=1S/C9H18N2/c1-7(2)9-10-6-5-8(3)11(9)4/h7-8H,5-6H2,1-4H3/t8-/m1/s1. The van der Waals surface area contributed by atoms with Gasteiger partial charge in [-0.3, -0.25) is 4.99 Å². The molecule has 0 aliphatic carbocycles. The molecule has 0 aromatic rings. The van der Waals surface area contributed by atoms with E-state index in [4.69, 9.17) is 0 Å². The van der Waals surface area contributed by atoms with E-state index >= 15 is 0 Å². The van der Waals surface area contributed by atoms with Crippen LogP contribution in [0.5, 0.6) is 0 Å². The maximum absolute atomic E-state index is 4.50. The average Bonchev–Trinajstić information content (AvgIpc) is 1.94. The molecule has 2 heteroatoms. The molecule has 0 saturated heterocycles. The fraction of sp³-hybridized carbons (Fsp3) is 0.889. The van der Waals surface area contributed by atoms with Crippen LogP contribution >= 0.6 is 0 Å². The molecule has 0 N–H and O–H groups in total. The first-order valence-corrected chi connectivity index (χ1v) is 4.40.